The van der Waals surface area contributed by atoms with Crippen molar-refractivity contribution >= 4 is 51.7 Å². The minimum absolute atomic E-state index is 0.0823. The van der Waals surface area contributed by atoms with Crippen LogP contribution in [0.25, 0.3) is 5.78 Å². The molecule has 3 aromatic rings. The number of nitrogens with one attached hydrogen (secondary N) is 1. The summed E-state index contributed by atoms with van der Waals surface area (Å²) in [5.41, 5.74) is 1.87. The number of hydrogen-bond acceptors (Lipinski definition) is 5. The fraction of sp³-hybridized carbons (Fsp3) is 0.143. The van der Waals surface area contributed by atoms with Crippen LogP contribution < -0.4 is 5.32 Å². The standard InChI is InChI=1S/C14H12IN5OS/c1-9-7-10(15)3-4-11(9)17-12(21)8-22-14-18-13-16-5-2-6-20(13)19-14/h2-7H,8H2,1H3,(H,17,21). The van der Waals surface area contributed by atoms with Crippen molar-refractivity contribution in [1.29, 1.82) is 0 Å². The van der Waals surface area contributed by atoms with Crippen LogP contribution in [-0.2, 0) is 4.79 Å². The molecule has 1 aromatic carbocycles. The molecule has 0 atom stereocenters. The van der Waals surface area contributed by atoms with E-state index in [1.165, 1.54) is 11.8 Å². The van der Waals surface area contributed by atoms with Gasteiger partial charge in [-0.1, -0.05) is 11.8 Å². The van der Waals surface area contributed by atoms with Crippen LogP contribution in [0.3, 0.4) is 0 Å². The largest absolute Gasteiger partial charge is 0.325 e. The highest BCUT2D eigenvalue weighted by Crippen LogP contribution is 2.19. The summed E-state index contributed by atoms with van der Waals surface area (Å²) in [5.74, 6) is 0.697. The first kappa shape index (κ1) is 15.2. The van der Waals surface area contributed by atoms with Gasteiger partial charge in [-0.3, -0.25) is 4.79 Å². The smallest absolute Gasteiger partial charge is 0.253 e. The van der Waals surface area contributed by atoms with Crippen LogP contribution in [0.2, 0.25) is 0 Å². The van der Waals surface area contributed by atoms with Crippen molar-refractivity contribution in [1.82, 2.24) is 19.6 Å². The van der Waals surface area contributed by atoms with Gasteiger partial charge in [-0.15, -0.1) is 5.10 Å². The zero-order chi connectivity index (χ0) is 15.5. The molecular weight excluding hydrogens is 413 g/mol. The number of carbonyl (C=O) groups excluding carboxylic acids is 1. The summed E-state index contributed by atoms with van der Waals surface area (Å²) in [6, 6.07) is 7.68. The molecule has 0 aliphatic rings. The first-order chi connectivity index (χ1) is 10.6. The Bertz CT molecular complexity index is 802. The summed E-state index contributed by atoms with van der Waals surface area (Å²) < 4.78 is 2.73. The molecule has 8 heteroatoms. The van der Waals surface area contributed by atoms with E-state index < -0.39 is 0 Å². The fourth-order valence-electron chi connectivity index (χ4n) is 1.86. The second-order valence-electron chi connectivity index (χ2n) is 4.55. The number of fused-ring (bicyclic) bond motifs is 1. The van der Waals surface area contributed by atoms with E-state index in [9.17, 15) is 4.79 Å². The maximum atomic E-state index is 12.0. The molecule has 0 saturated heterocycles. The highest BCUT2D eigenvalue weighted by molar-refractivity contribution is 14.1. The molecular formula is C14H12IN5OS. The number of rotatable bonds is 4. The normalized spacial score (nSPS) is 10.8. The third kappa shape index (κ3) is 3.55. The van der Waals surface area contributed by atoms with E-state index in [0.717, 1.165) is 14.8 Å². The SMILES string of the molecule is Cc1cc(I)ccc1NC(=O)CSc1nc2ncccn2n1. The van der Waals surface area contributed by atoms with Crippen LogP contribution in [-0.4, -0.2) is 31.2 Å². The van der Waals surface area contributed by atoms with E-state index in [1.54, 1.807) is 23.0 Å². The van der Waals surface area contributed by atoms with Crippen molar-refractivity contribution in [3.63, 3.8) is 0 Å². The van der Waals surface area contributed by atoms with Gasteiger partial charge in [-0.25, -0.2) is 9.50 Å². The summed E-state index contributed by atoms with van der Waals surface area (Å²) in [5, 5.41) is 7.68. The zero-order valence-corrected chi connectivity index (χ0v) is 14.6. The van der Waals surface area contributed by atoms with Crippen molar-refractivity contribution in [2.75, 3.05) is 11.1 Å². The number of thioether (sulfide) groups is 1. The van der Waals surface area contributed by atoms with Gasteiger partial charge in [0.05, 0.1) is 5.75 Å². The topological polar surface area (TPSA) is 72.2 Å². The molecule has 0 bridgehead atoms. The van der Waals surface area contributed by atoms with E-state index >= 15 is 0 Å². The summed E-state index contributed by atoms with van der Waals surface area (Å²) >= 11 is 3.53. The minimum atomic E-state index is -0.0823. The Balaban J connectivity index is 1.62. The Morgan fingerprint density at radius 1 is 1.45 bits per heavy atom. The van der Waals surface area contributed by atoms with Gasteiger partial charge in [0.15, 0.2) is 0 Å². The Morgan fingerprint density at radius 3 is 3.09 bits per heavy atom. The molecule has 0 aliphatic carbocycles. The number of carbonyl (C=O) groups is 1. The minimum Gasteiger partial charge on any atom is -0.325 e. The lowest BCUT2D eigenvalue weighted by Gasteiger charge is -2.07. The molecule has 0 fully saturated rings. The van der Waals surface area contributed by atoms with Gasteiger partial charge in [0.25, 0.3) is 5.78 Å². The Labute approximate surface area is 144 Å². The number of halogens is 1. The lowest BCUT2D eigenvalue weighted by Crippen LogP contribution is -2.15. The Hall–Kier alpha value is -1.68. The van der Waals surface area contributed by atoms with E-state index in [1.807, 2.05) is 25.1 Å². The van der Waals surface area contributed by atoms with Crippen LogP contribution in [0.5, 0.6) is 0 Å². The van der Waals surface area contributed by atoms with Gasteiger partial charge in [0.2, 0.25) is 11.1 Å². The number of benzene rings is 1. The van der Waals surface area contributed by atoms with Gasteiger partial charge in [0, 0.05) is 21.7 Å². The second kappa shape index (κ2) is 6.61. The molecule has 1 amide bonds. The van der Waals surface area contributed by atoms with E-state index in [0.29, 0.717) is 10.9 Å². The quantitative estimate of drug-likeness (QED) is 0.514. The van der Waals surface area contributed by atoms with Crippen molar-refractivity contribution in [2.45, 2.75) is 12.1 Å². The number of amides is 1. The van der Waals surface area contributed by atoms with Crippen molar-refractivity contribution in [3.05, 3.63) is 45.8 Å². The lowest BCUT2D eigenvalue weighted by atomic mass is 10.2. The maximum absolute atomic E-state index is 12.0. The van der Waals surface area contributed by atoms with E-state index in [4.69, 9.17) is 0 Å². The van der Waals surface area contributed by atoms with Crippen molar-refractivity contribution in [3.8, 4) is 0 Å². The summed E-state index contributed by atoms with van der Waals surface area (Å²) in [6.07, 6.45) is 3.43. The molecule has 0 unspecified atom stereocenters. The predicted octanol–water partition coefficient (Wildman–Crippen LogP) is 2.77. The van der Waals surface area contributed by atoms with Gasteiger partial charge in [-0.2, -0.15) is 4.98 Å². The molecule has 0 radical (unpaired) electrons. The number of nitrogens with zero attached hydrogens (tertiary/aromatic N) is 4. The molecule has 1 N–H and O–H groups in total. The molecule has 6 nitrogen and oxygen atoms in total. The molecule has 3 rings (SSSR count). The van der Waals surface area contributed by atoms with Gasteiger partial charge >= 0.3 is 0 Å². The number of hydrogen-bond donors (Lipinski definition) is 1. The molecule has 2 aromatic heterocycles. The third-order valence-corrected chi connectivity index (χ3v) is 4.40. The van der Waals surface area contributed by atoms with E-state index in [-0.39, 0.29) is 11.7 Å². The van der Waals surface area contributed by atoms with Crippen LogP contribution in [0.1, 0.15) is 5.56 Å². The van der Waals surface area contributed by atoms with Crippen LogP contribution in [0, 0.1) is 10.5 Å². The maximum Gasteiger partial charge on any atom is 0.253 e. The Morgan fingerprint density at radius 2 is 2.32 bits per heavy atom. The van der Waals surface area contributed by atoms with Crippen LogP contribution >= 0.6 is 34.4 Å². The predicted molar refractivity (Wildman–Crippen MR) is 94.0 cm³/mol. The van der Waals surface area contributed by atoms with Gasteiger partial charge in [-0.05, 0) is 59.3 Å². The zero-order valence-electron chi connectivity index (χ0n) is 11.7. The first-order valence-corrected chi connectivity index (χ1v) is 8.54. The lowest BCUT2D eigenvalue weighted by molar-refractivity contribution is -0.113. The summed E-state index contributed by atoms with van der Waals surface area (Å²) in [7, 11) is 0. The third-order valence-electron chi connectivity index (χ3n) is 2.89. The van der Waals surface area contributed by atoms with Crippen molar-refractivity contribution in [2.24, 2.45) is 0 Å². The van der Waals surface area contributed by atoms with Gasteiger partial charge in [0.1, 0.15) is 0 Å². The number of aromatic nitrogens is 4. The molecule has 22 heavy (non-hydrogen) atoms. The molecule has 0 spiro atoms. The second-order valence-corrected chi connectivity index (χ2v) is 6.74. The average molecular weight is 425 g/mol. The monoisotopic (exact) mass is 425 g/mol. The highest BCUT2D eigenvalue weighted by atomic mass is 127. The fourth-order valence-corrected chi connectivity index (χ4v) is 3.13. The summed E-state index contributed by atoms with van der Waals surface area (Å²) in [4.78, 5) is 20.4. The molecule has 0 aliphatic heterocycles. The van der Waals surface area contributed by atoms with E-state index in [2.05, 4.69) is 43.0 Å². The van der Waals surface area contributed by atoms with Crippen LogP contribution in [0.4, 0.5) is 5.69 Å². The molecule has 112 valence electrons. The Kier molecular flexibility index (Phi) is 4.57. The number of aryl methyl sites for hydroxylation is 1. The summed E-state index contributed by atoms with van der Waals surface area (Å²) in [6.45, 7) is 1.97. The highest BCUT2D eigenvalue weighted by Gasteiger charge is 2.09. The van der Waals surface area contributed by atoms with Gasteiger partial charge < -0.3 is 5.32 Å². The molecule has 2 heterocycles. The van der Waals surface area contributed by atoms with Crippen molar-refractivity contribution < 1.29 is 4.79 Å². The average Bonchev–Trinajstić information content (AvgIpc) is 2.91. The first-order valence-electron chi connectivity index (χ1n) is 6.48. The number of anilines is 1. The van der Waals surface area contributed by atoms with Crippen LogP contribution in [0.15, 0.2) is 41.8 Å². The molecule has 0 saturated carbocycles.